The van der Waals surface area contributed by atoms with Gasteiger partial charge >= 0.3 is 0 Å². The second-order valence-electron chi connectivity index (χ2n) is 2.87. The molecule has 70 valence electrons. The van der Waals surface area contributed by atoms with E-state index in [2.05, 4.69) is 0 Å². The molecule has 0 saturated heterocycles. The van der Waals surface area contributed by atoms with Crippen LogP contribution in [0.4, 0.5) is 0 Å². The minimum Gasteiger partial charge on any atom is -0.496 e. The zero-order chi connectivity index (χ0) is 9.26. The molecule has 1 aliphatic rings. The molecule has 0 bridgehead atoms. The van der Waals surface area contributed by atoms with Crippen LogP contribution in [0.5, 0.6) is 0 Å². The van der Waals surface area contributed by atoms with Crippen molar-refractivity contribution < 1.29 is 9.15 Å². The minimum atomic E-state index is -0.297. The van der Waals surface area contributed by atoms with Gasteiger partial charge in [0.25, 0.3) is 0 Å². The quantitative estimate of drug-likeness (QED) is 0.795. The Hall–Kier alpha value is -0.930. The van der Waals surface area contributed by atoms with Crippen molar-refractivity contribution >= 4 is 11.6 Å². The molecule has 0 aliphatic carbocycles. The van der Waals surface area contributed by atoms with E-state index in [0.29, 0.717) is 11.8 Å². The fourth-order valence-electron chi connectivity index (χ4n) is 1.33. The minimum absolute atomic E-state index is 0.297. The van der Waals surface area contributed by atoms with Crippen LogP contribution in [-0.2, 0) is 4.74 Å². The van der Waals surface area contributed by atoms with Crippen LogP contribution in [0, 0.1) is 0 Å². The summed E-state index contributed by atoms with van der Waals surface area (Å²) in [6.07, 6.45) is 4.42. The molecule has 4 heteroatoms. The van der Waals surface area contributed by atoms with Crippen LogP contribution in [0.15, 0.2) is 28.6 Å². The summed E-state index contributed by atoms with van der Waals surface area (Å²) in [5.74, 6) is 0.781. The number of ether oxygens (including phenoxy) is 1. The first-order valence-electron chi connectivity index (χ1n) is 4.10. The third-order valence-electron chi connectivity index (χ3n) is 2.02. The van der Waals surface area contributed by atoms with Gasteiger partial charge in [0.15, 0.2) is 5.22 Å². The van der Waals surface area contributed by atoms with Gasteiger partial charge in [0.2, 0.25) is 0 Å². The van der Waals surface area contributed by atoms with E-state index in [9.17, 15) is 0 Å². The summed E-state index contributed by atoms with van der Waals surface area (Å²) in [4.78, 5) is 0. The van der Waals surface area contributed by atoms with Crippen LogP contribution >= 0.6 is 11.6 Å². The van der Waals surface area contributed by atoms with Crippen LogP contribution in [0.3, 0.4) is 0 Å². The zero-order valence-electron chi connectivity index (χ0n) is 7.00. The summed E-state index contributed by atoms with van der Waals surface area (Å²) in [6, 6.07) is 1.46. The van der Waals surface area contributed by atoms with Gasteiger partial charge in [-0.1, -0.05) is 0 Å². The molecule has 0 aromatic carbocycles. The molecule has 0 fully saturated rings. The highest BCUT2D eigenvalue weighted by atomic mass is 35.5. The van der Waals surface area contributed by atoms with E-state index in [-0.39, 0.29) is 6.04 Å². The summed E-state index contributed by atoms with van der Waals surface area (Å²) >= 11 is 5.78. The molecule has 1 aromatic heterocycles. The number of rotatable bonds is 2. The van der Waals surface area contributed by atoms with Gasteiger partial charge in [-0.3, -0.25) is 0 Å². The molecular formula is C9H10ClNO2. The van der Waals surface area contributed by atoms with Crippen LogP contribution in [0.1, 0.15) is 18.0 Å². The second-order valence-corrected chi connectivity index (χ2v) is 3.21. The highest BCUT2D eigenvalue weighted by Gasteiger charge is 2.20. The van der Waals surface area contributed by atoms with Crippen molar-refractivity contribution in [1.29, 1.82) is 0 Å². The third-order valence-corrected chi connectivity index (χ3v) is 2.33. The fraction of sp³-hybridized carbons (Fsp3) is 0.333. The molecule has 2 rings (SSSR count). The monoisotopic (exact) mass is 199 g/mol. The van der Waals surface area contributed by atoms with Gasteiger partial charge in [0.05, 0.1) is 18.9 Å². The average molecular weight is 200 g/mol. The summed E-state index contributed by atoms with van der Waals surface area (Å²) in [7, 11) is 0. The number of hydrogen-bond acceptors (Lipinski definition) is 3. The lowest BCUT2D eigenvalue weighted by atomic mass is 10.1. The Morgan fingerprint density at radius 1 is 1.54 bits per heavy atom. The summed E-state index contributed by atoms with van der Waals surface area (Å²) in [5, 5.41) is 0.337. The van der Waals surface area contributed by atoms with E-state index in [1.807, 2.05) is 6.08 Å². The van der Waals surface area contributed by atoms with Gasteiger partial charge in [-0.25, -0.2) is 0 Å². The van der Waals surface area contributed by atoms with Crippen LogP contribution in [-0.4, -0.2) is 6.61 Å². The second kappa shape index (κ2) is 3.44. The molecular weight excluding hydrogens is 190 g/mol. The van der Waals surface area contributed by atoms with E-state index in [0.717, 1.165) is 17.7 Å². The van der Waals surface area contributed by atoms with Gasteiger partial charge in [0, 0.05) is 12.0 Å². The van der Waals surface area contributed by atoms with Crippen molar-refractivity contribution in [2.24, 2.45) is 5.73 Å². The van der Waals surface area contributed by atoms with Gasteiger partial charge in [-0.05, 0) is 23.7 Å². The van der Waals surface area contributed by atoms with Crippen molar-refractivity contribution in [2.45, 2.75) is 12.5 Å². The maximum absolute atomic E-state index is 5.91. The number of hydrogen-bond donors (Lipinski definition) is 1. The van der Waals surface area contributed by atoms with Gasteiger partial charge < -0.3 is 14.9 Å². The molecule has 0 spiro atoms. The van der Waals surface area contributed by atoms with E-state index in [1.54, 1.807) is 6.07 Å². The number of halogens is 1. The number of nitrogens with two attached hydrogens (primary N) is 1. The Morgan fingerprint density at radius 3 is 2.92 bits per heavy atom. The predicted octanol–water partition coefficient (Wildman–Crippen LogP) is 2.24. The average Bonchev–Trinajstić information content (AvgIpc) is 2.72. The van der Waals surface area contributed by atoms with E-state index < -0.39 is 0 Å². The summed E-state index contributed by atoms with van der Waals surface area (Å²) < 4.78 is 10.3. The van der Waals surface area contributed by atoms with Crippen molar-refractivity contribution in [2.75, 3.05) is 6.61 Å². The van der Waals surface area contributed by atoms with E-state index in [4.69, 9.17) is 26.5 Å². The number of furan rings is 1. The lowest BCUT2D eigenvalue weighted by Crippen LogP contribution is -2.13. The first-order chi connectivity index (χ1) is 6.29. The molecule has 1 unspecified atom stereocenters. The van der Waals surface area contributed by atoms with Gasteiger partial charge in [0.1, 0.15) is 5.76 Å². The highest BCUT2D eigenvalue weighted by molar-refractivity contribution is 6.29. The smallest absolute Gasteiger partial charge is 0.198 e. The van der Waals surface area contributed by atoms with Gasteiger partial charge in [-0.2, -0.15) is 0 Å². The largest absolute Gasteiger partial charge is 0.496 e. The molecule has 0 radical (unpaired) electrons. The van der Waals surface area contributed by atoms with Crippen molar-refractivity contribution in [3.8, 4) is 0 Å². The SMILES string of the molecule is NC(C1=CCCO1)c1ccoc1Cl. The molecule has 3 nitrogen and oxygen atoms in total. The lowest BCUT2D eigenvalue weighted by molar-refractivity contribution is 0.225. The van der Waals surface area contributed by atoms with Crippen molar-refractivity contribution in [1.82, 2.24) is 0 Å². The summed E-state index contributed by atoms with van der Waals surface area (Å²) in [6.45, 7) is 0.707. The topological polar surface area (TPSA) is 48.4 Å². The molecule has 1 aromatic rings. The maximum Gasteiger partial charge on any atom is 0.198 e. The predicted molar refractivity (Wildman–Crippen MR) is 49.3 cm³/mol. The Balaban J connectivity index is 2.21. The standard InChI is InChI=1S/C9H10ClNO2/c10-9-6(3-5-13-9)8(11)7-2-1-4-12-7/h2-3,5,8H,1,4,11H2. The van der Waals surface area contributed by atoms with Crippen molar-refractivity contribution in [3.05, 3.63) is 34.9 Å². The van der Waals surface area contributed by atoms with Crippen LogP contribution in [0.25, 0.3) is 0 Å². The Labute approximate surface area is 81.1 Å². The first-order valence-corrected chi connectivity index (χ1v) is 4.48. The Morgan fingerprint density at radius 2 is 2.38 bits per heavy atom. The Kier molecular flexibility index (Phi) is 2.29. The van der Waals surface area contributed by atoms with E-state index >= 15 is 0 Å². The van der Waals surface area contributed by atoms with Crippen LogP contribution in [0.2, 0.25) is 5.22 Å². The molecule has 0 amide bonds. The normalized spacial score (nSPS) is 18.2. The highest BCUT2D eigenvalue weighted by Crippen LogP contribution is 2.29. The Bertz CT molecular complexity index is 332. The molecule has 2 heterocycles. The summed E-state index contributed by atoms with van der Waals surface area (Å²) in [5.41, 5.74) is 6.68. The maximum atomic E-state index is 5.91. The van der Waals surface area contributed by atoms with Gasteiger partial charge in [-0.15, -0.1) is 0 Å². The van der Waals surface area contributed by atoms with Crippen LogP contribution < -0.4 is 5.73 Å². The molecule has 1 atom stereocenters. The third kappa shape index (κ3) is 1.57. The fourth-order valence-corrected chi connectivity index (χ4v) is 1.57. The zero-order valence-corrected chi connectivity index (χ0v) is 7.75. The van der Waals surface area contributed by atoms with E-state index in [1.165, 1.54) is 6.26 Å². The molecule has 13 heavy (non-hydrogen) atoms. The first kappa shape index (κ1) is 8.66. The molecule has 1 aliphatic heterocycles. The lowest BCUT2D eigenvalue weighted by Gasteiger charge is -2.11. The molecule has 2 N–H and O–H groups in total. The van der Waals surface area contributed by atoms with Crippen molar-refractivity contribution in [3.63, 3.8) is 0 Å². The molecule has 0 saturated carbocycles.